The molecule has 3 rings (SSSR count). The van der Waals surface area contributed by atoms with Crippen LogP contribution in [-0.4, -0.2) is 23.2 Å². The van der Waals surface area contributed by atoms with Gasteiger partial charge >= 0.3 is 5.97 Å². The van der Waals surface area contributed by atoms with Crippen molar-refractivity contribution in [3.8, 4) is 11.4 Å². The van der Waals surface area contributed by atoms with Gasteiger partial charge in [-0.15, -0.1) is 0 Å². The van der Waals surface area contributed by atoms with Crippen LogP contribution >= 0.6 is 0 Å². The lowest BCUT2D eigenvalue weighted by Gasteiger charge is -2.35. The number of carbonyl (C=O) groups is 1. The first-order valence-corrected chi connectivity index (χ1v) is 13.0. The van der Waals surface area contributed by atoms with E-state index in [9.17, 15) is 4.79 Å². The van der Waals surface area contributed by atoms with Crippen LogP contribution < -0.4 is 0 Å². The molecule has 1 heterocycles. The van der Waals surface area contributed by atoms with Crippen molar-refractivity contribution in [1.29, 1.82) is 0 Å². The van der Waals surface area contributed by atoms with Crippen LogP contribution in [0.5, 0.6) is 0 Å². The van der Waals surface area contributed by atoms with Crippen LogP contribution in [0.15, 0.2) is 45.0 Å². The summed E-state index contributed by atoms with van der Waals surface area (Å²) >= 11 is 0. The minimum Gasteiger partial charge on any atom is -0.469 e. The van der Waals surface area contributed by atoms with Crippen LogP contribution in [-0.2, 0) is 16.0 Å². The van der Waals surface area contributed by atoms with E-state index in [1.54, 1.807) is 0 Å². The van der Waals surface area contributed by atoms with Crippen LogP contribution in [0, 0.1) is 19.3 Å². The summed E-state index contributed by atoms with van der Waals surface area (Å²) in [6.07, 6.45) is 7.45. The molecule has 0 aliphatic heterocycles. The van der Waals surface area contributed by atoms with Crippen LogP contribution in [0.3, 0.4) is 0 Å². The number of hydrogen-bond acceptors (Lipinski definition) is 5. The van der Waals surface area contributed by atoms with Crippen LogP contribution in [0.4, 0.5) is 0 Å². The van der Waals surface area contributed by atoms with E-state index in [2.05, 4.69) is 78.8 Å². The number of carbonyl (C=O) groups excluding carboxylic acids is 1. The highest BCUT2D eigenvalue weighted by Gasteiger charge is 2.31. The maximum absolute atomic E-state index is 11.6. The van der Waals surface area contributed by atoms with Gasteiger partial charge in [-0.3, -0.25) is 4.79 Å². The molecule has 0 N–H and O–H groups in total. The van der Waals surface area contributed by atoms with Gasteiger partial charge in [0.15, 0.2) is 0 Å². The average molecular weight is 491 g/mol. The first-order valence-electron chi connectivity index (χ1n) is 13.0. The second kappa shape index (κ2) is 11.4. The Balaban J connectivity index is 2.05. The summed E-state index contributed by atoms with van der Waals surface area (Å²) in [5, 5.41) is 4.39. The highest BCUT2D eigenvalue weighted by molar-refractivity contribution is 5.77. The number of esters is 1. The van der Waals surface area contributed by atoms with Gasteiger partial charge in [0.25, 0.3) is 5.89 Å². The Labute approximate surface area is 216 Å². The Bertz CT molecular complexity index is 1200. The number of aromatic nitrogens is 2. The van der Waals surface area contributed by atoms with Gasteiger partial charge in [-0.25, -0.2) is 0 Å². The van der Waals surface area contributed by atoms with Crippen molar-refractivity contribution in [1.82, 2.24) is 10.1 Å². The lowest BCUT2D eigenvalue weighted by molar-refractivity contribution is -0.140. The van der Waals surface area contributed by atoms with E-state index in [-0.39, 0.29) is 11.4 Å². The summed E-state index contributed by atoms with van der Waals surface area (Å²) in [5.74, 6) is 0.968. The number of methoxy groups -OCH3 is 1. The Morgan fingerprint density at radius 1 is 1.14 bits per heavy atom. The number of allylic oxidation sites excluding steroid dienone is 6. The zero-order chi connectivity index (χ0) is 26.6. The SMILES string of the molecule is CC/C(C)=C1\CC(C)(C)CC\C1=C(\C=C(C)C)c1nc(-c2cc(C)c(CCC(=O)OC)c(C)c2)no1. The zero-order valence-corrected chi connectivity index (χ0v) is 23.6. The lowest BCUT2D eigenvalue weighted by Crippen LogP contribution is -2.20. The van der Waals surface area contributed by atoms with Gasteiger partial charge in [-0.2, -0.15) is 4.98 Å². The molecule has 1 fully saturated rings. The fourth-order valence-corrected chi connectivity index (χ4v) is 5.07. The average Bonchev–Trinajstić information content (AvgIpc) is 3.31. The molecule has 0 amide bonds. The third-order valence-corrected chi connectivity index (χ3v) is 7.29. The van der Waals surface area contributed by atoms with E-state index < -0.39 is 0 Å². The van der Waals surface area contributed by atoms with Crippen molar-refractivity contribution in [2.45, 2.75) is 93.9 Å². The molecule has 2 aromatic rings. The van der Waals surface area contributed by atoms with Crippen molar-refractivity contribution in [2.75, 3.05) is 7.11 Å². The number of hydrogen-bond donors (Lipinski definition) is 0. The summed E-state index contributed by atoms with van der Waals surface area (Å²) in [6.45, 7) is 17.6. The Hall–Kier alpha value is -2.95. The fraction of sp³-hybridized carbons (Fsp3) is 0.516. The smallest absolute Gasteiger partial charge is 0.305 e. The summed E-state index contributed by atoms with van der Waals surface area (Å²) in [6, 6.07) is 4.16. The van der Waals surface area contributed by atoms with Crippen LogP contribution in [0.2, 0.25) is 0 Å². The van der Waals surface area contributed by atoms with E-state index >= 15 is 0 Å². The Kier molecular flexibility index (Phi) is 8.76. The second-order valence-electron chi connectivity index (χ2n) is 11.2. The normalized spacial score (nSPS) is 18.0. The summed E-state index contributed by atoms with van der Waals surface area (Å²) in [4.78, 5) is 16.5. The van der Waals surface area contributed by atoms with Crippen molar-refractivity contribution in [2.24, 2.45) is 5.41 Å². The highest BCUT2D eigenvalue weighted by atomic mass is 16.5. The number of rotatable bonds is 7. The predicted molar refractivity (Wildman–Crippen MR) is 147 cm³/mol. The standard InChI is InChI=1S/C31H42N2O3/c1-10-20(4)27-18-31(7,8)14-13-25(27)26(15-19(2)3)30-32-29(33-36-30)23-16-21(5)24(22(6)17-23)11-12-28(34)35-9/h15-17H,10-14,18H2,1-9H3/b26-25+,27-20+. The van der Waals surface area contributed by atoms with Gasteiger partial charge < -0.3 is 9.26 Å². The molecule has 1 aromatic carbocycles. The molecule has 0 radical (unpaired) electrons. The van der Waals surface area contributed by atoms with Gasteiger partial charge in [0.05, 0.1) is 7.11 Å². The van der Waals surface area contributed by atoms with Crippen LogP contribution in [0.25, 0.3) is 17.0 Å². The molecule has 0 unspecified atom stereocenters. The molecule has 194 valence electrons. The van der Waals surface area contributed by atoms with Gasteiger partial charge in [-0.1, -0.05) is 43.2 Å². The van der Waals surface area contributed by atoms with Crippen molar-refractivity contribution in [3.05, 3.63) is 63.1 Å². The van der Waals surface area contributed by atoms with E-state index in [1.807, 2.05) is 0 Å². The van der Waals surface area contributed by atoms with E-state index in [1.165, 1.54) is 29.4 Å². The highest BCUT2D eigenvalue weighted by Crippen LogP contribution is 2.46. The van der Waals surface area contributed by atoms with Crippen molar-refractivity contribution >= 4 is 11.5 Å². The van der Waals surface area contributed by atoms with E-state index in [4.69, 9.17) is 14.2 Å². The number of ether oxygens (including phenoxy) is 1. The first-order chi connectivity index (χ1) is 17.0. The zero-order valence-electron chi connectivity index (χ0n) is 23.6. The van der Waals surface area contributed by atoms with Crippen LogP contribution in [0.1, 0.15) is 96.2 Å². The molecule has 0 atom stereocenters. The summed E-state index contributed by atoms with van der Waals surface area (Å²) in [7, 11) is 1.42. The van der Waals surface area contributed by atoms with Crippen molar-refractivity contribution in [3.63, 3.8) is 0 Å². The largest absolute Gasteiger partial charge is 0.469 e. The third kappa shape index (κ3) is 6.43. The first kappa shape index (κ1) is 27.6. The number of aryl methyl sites for hydroxylation is 2. The minimum atomic E-state index is -0.196. The maximum atomic E-state index is 11.6. The quantitative estimate of drug-likeness (QED) is 0.367. The monoisotopic (exact) mass is 490 g/mol. The second-order valence-corrected chi connectivity index (χ2v) is 11.2. The van der Waals surface area contributed by atoms with E-state index in [0.29, 0.717) is 24.6 Å². The molecule has 0 bridgehead atoms. The predicted octanol–water partition coefficient (Wildman–Crippen LogP) is 8.12. The van der Waals surface area contributed by atoms with Gasteiger partial charge in [0, 0.05) is 17.6 Å². The van der Waals surface area contributed by atoms with E-state index in [0.717, 1.165) is 53.5 Å². The van der Waals surface area contributed by atoms with Gasteiger partial charge in [0.2, 0.25) is 5.82 Å². The molecule has 0 spiro atoms. The molecule has 1 aromatic heterocycles. The maximum Gasteiger partial charge on any atom is 0.305 e. The molecule has 0 saturated heterocycles. The fourth-order valence-electron chi connectivity index (χ4n) is 5.07. The number of benzene rings is 1. The van der Waals surface area contributed by atoms with Gasteiger partial charge in [0.1, 0.15) is 0 Å². The number of nitrogens with zero attached hydrogens (tertiary/aromatic N) is 2. The molecular formula is C31H42N2O3. The topological polar surface area (TPSA) is 65.2 Å². The molecule has 5 nitrogen and oxygen atoms in total. The minimum absolute atomic E-state index is 0.196. The molecule has 1 saturated carbocycles. The summed E-state index contributed by atoms with van der Waals surface area (Å²) in [5.41, 5.74) is 11.1. The molecule has 36 heavy (non-hydrogen) atoms. The summed E-state index contributed by atoms with van der Waals surface area (Å²) < 4.78 is 10.7. The molecule has 1 aliphatic carbocycles. The lowest BCUT2D eigenvalue weighted by atomic mass is 9.70. The third-order valence-electron chi connectivity index (χ3n) is 7.29. The Morgan fingerprint density at radius 3 is 2.39 bits per heavy atom. The molecular weight excluding hydrogens is 448 g/mol. The van der Waals surface area contributed by atoms with Crippen molar-refractivity contribution < 1.29 is 14.1 Å². The van der Waals surface area contributed by atoms with Gasteiger partial charge in [-0.05, 0) is 112 Å². The molecule has 5 heteroatoms. The molecule has 1 aliphatic rings. The Morgan fingerprint density at radius 2 is 1.81 bits per heavy atom.